The van der Waals surface area contributed by atoms with Crippen molar-refractivity contribution >= 4 is 32.3 Å². The van der Waals surface area contributed by atoms with Crippen LogP contribution >= 0.6 is 0 Å². The number of azo groups is 1. The van der Waals surface area contributed by atoms with Gasteiger partial charge in [-0.05, 0) is 35.7 Å². The molecule has 0 heterocycles. The largest absolute Gasteiger partial charge is 0.508 e. The van der Waals surface area contributed by atoms with Crippen molar-refractivity contribution in [2.24, 2.45) is 10.2 Å². The van der Waals surface area contributed by atoms with Crippen molar-refractivity contribution < 1.29 is 23.2 Å². The highest BCUT2D eigenvalue weighted by Crippen LogP contribution is 2.41. The van der Waals surface area contributed by atoms with Crippen LogP contribution in [0.5, 0.6) is 11.5 Å². The molecule has 0 aromatic heterocycles. The molecule has 0 fully saturated rings. The van der Waals surface area contributed by atoms with E-state index in [9.17, 15) is 23.2 Å². The summed E-state index contributed by atoms with van der Waals surface area (Å²) in [5.41, 5.74) is 0.322. The van der Waals surface area contributed by atoms with E-state index in [0.717, 1.165) is 0 Å². The van der Waals surface area contributed by atoms with Crippen LogP contribution in [-0.4, -0.2) is 23.2 Å². The highest BCUT2D eigenvalue weighted by atomic mass is 32.2. The standard InChI is InChI=1S/C16H12N2O5S/c19-12-7-5-11(6-8-12)17-18-15-13-4-2-1-3-10(13)9-14(16(15)20)24(21,22)23/h1-9,19-20H,(H,21,22,23). The van der Waals surface area contributed by atoms with Crippen molar-refractivity contribution in [2.75, 3.05) is 0 Å². The molecule has 0 radical (unpaired) electrons. The van der Waals surface area contributed by atoms with Gasteiger partial charge in [-0.1, -0.05) is 24.3 Å². The molecule has 122 valence electrons. The lowest BCUT2D eigenvalue weighted by Gasteiger charge is -2.08. The van der Waals surface area contributed by atoms with Crippen LogP contribution in [0.15, 0.2) is 69.7 Å². The average molecular weight is 344 g/mol. The monoisotopic (exact) mass is 344 g/mol. The maximum absolute atomic E-state index is 11.5. The Kier molecular flexibility index (Phi) is 3.92. The van der Waals surface area contributed by atoms with Gasteiger partial charge in [0.25, 0.3) is 10.1 Å². The third-order valence-corrected chi connectivity index (χ3v) is 4.22. The Labute approximate surface area is 137 Å². The average Bonchev–Trinajstić information content (AvgIpc) is 2.54. The quantitative estimate of drug-likeness (QED) is 0.491. The molecule has 3 rings (SSSR count). The molecule has 0 amide bonds. The van der Waals surface area contributed by atoms with Gasteiger partial charge < -0.3 is 10.2 Å². The molecule has 7 nitrogen and oxygen atoms in total. The van der Waals surface area contributed by atoms with Crippen molar-refractivity contribution in [1.82, 2.24) is 0 Å². The van der Waals surface area contributed by atoms with Crippen molar-refractivity contribution in [2.45, 2.75) is 4.90 Å². The number of fused-ring (bicyclic) bond motifs is 1. The molecule has 8 heteroatoms. The topological polar surface area (TPSA) is 120 Å². The zero-order valence-corrected chi connectivity index (χ0v) is 13.0. The number of hydrogen-bond acceptors (Lipinski definition) is 6. The first-order chi connectivity index (χ1) is 11.4. The minimum atomic E-state index is -4.62. The Bertz CT molecular complexity index is 1040. The first kappa shape index (κ1) is 15.9. The second-order valence-corrected chi connectivity index (χ2v) is 6.37. The Morgan fingerprint density at radius 1 is 0.875 bits per heavy atom. The number of benzene rings is 3. The minimum Gasteiger partial charge on any atom is -0.508 e. The second kappa shape index (κ2) is 5.91. The van der Waals surface area contributed by atoms with Gasteiger partial charge in [0.2, 0.25) is 0 Å². The van der Waals surface area contributed by atoms with Crippen molar-refractivity contribution in [3.05, 3.63) is 54.6 Å². The van der Waals surface area contributed by atoms with E-state index in [1.54, 1.807) is 24.3 Å². The molecule has 0 saturated heterocycles. The summed E-state index contributed by atoms with van der Waals surface area (Å²) in [6.45, 7) is 0. The van der Waals surface area contributed by atoms with Gasteiger partial charge in [-0.25, -0.2) is 0 Å². The lowest BCUT2D eigenvalue weighted by atomic mass is 10.1. The number of aromatic hydroxyl groups is 2. The molecule has 3 aromatic rings. The number of nitrogens with zero attached hydrogens (tertiary/aromatic N) is 2. The van der Waals surface area contributed by atoms with Crippen LogP contribution in [0.4, 0.5) is 11.4 Å². The van der Waals surface area contributed by atoms with Crippen molar-refractivity contribution in [3.8, 4) is 11.5 Å². The van der Waals surface area contributed by atoms with Gasteiger partial charge in [0.05, 0.1) is 5.69 Å². The summed E-state index contributed by atoms with van der Waals surface area (Å²) in [5, 5.41) is 28.3. The predicted molar refractivity (Wildman–Crippen MR) is 87.7 cm³/mol. The third kappa shape index (κ3) is 3.05. The predicted octanol–water partition coefficient (Wildman–Crippen LogP) is 3.91. The van der Waals surface area contributed by atoms with Gasteiger partial charge in [0, 0.05) is 5.39 Å². The second-order valence-electron chi connectivity index (χ2n) is 4.98. The SMILES string of the molecule is O=S(=O)(O)c1cc2ccccc2c(N=Nc2ccc(O)cc2)c1O. The number of hydrogen-bond donors (Lipinski definition) is 3. The van der Waals surface area contributed by atoms with E-state index in [2.05, 4.69) is 10.2 Å². The first-order valence-corrected chi connectivity index (χ1v) is 8.23. The molecular weight excluding hydrogens is 332 g/mol. The van der Waals surface area contributed by atoms with Gasteiger partial charge in [-0.15, -0.1) is 5.11 Å². The Hall–Kier alpha value is -2.97. The zero-order valence-electron chi connectivity index (χ0n) is 12.2. The first-order valence-electron chi connectivity index (χ1n) is 6.79. The zero-order chi connectivity index (χ0) is 17.3. The molecule has 0 atom stereocenters. The summed E-state index contributed by atoms with van der Waals surface area (Å²) in [4.78, 5) is -0.638. The summed E-state index contributed by atoms with van der Waals surface area (Å²) in [6, 6.07) is 13.7. The Morgan fingerprint density at radius 2 is 1.54 bits per heavy atom. The van der Waals surface area contributed by atoms with Crippen LogP contribution in [0.3, 0.4) is 0 Å². The lowest BCUT2D eigenvalue weighted by Crippen LogP contribution is -1.98. The molecule has 24 heavy (non-hydrogen) atoms. The molecule has 3 N–H and O–H groups in total. The highest BCUT2D eigenvalue weighted by molar-refractivity contribution is 7.86. The number of phenols is 2. The van der Waals surface area contributed by atoms with E-state index >= 15 is 0 Å². The summed E-state index contributed by atoms with van der Waals surface area (Å²) in [6.07, 6.45) is 0. The van der Waals surface area contributed by atoms with E-state index in [1.807, 2.05) is 0 Å². The van der Waals surface area contributed by atoms with Crippen LogP contribution in [0, 0.1) is 0 Å². The van der Waals surface area contributed by atoms with E-state index in [-0.39, 0.29) is 11.4 Å². The van der Waals surface area contributed by atoms with E-state index < -0.39 is 20.8 Å². The Morgan fingerprint density at radius 3 is 2.21 bits per heavy atom. The maximum atomic E-state index is 11.5. The fraction of sp³-hybridized carbons (Fsp3) is 0. The molecule has 0 saturated carbocycles. The molecule has 3 aromatic carbocycles. The summed E-state index contributed by atoms with van der Waals surface area (Å²) in [5.74, 6) is -0.616. The van der Waals surface area contributed by atoms with Gasteiger partial charge >= 0.3 is 0 Å². The van der Waals surface area contributed by atoms with Gasteiger partial charge in [0.15, 0.2) is 5.75 Å². The molecule has 0 aliphatic rings. The van der Waals surface area contributed by atoms with Gasteiger partial charge in [-0.2, -0.15) is 13.5 Å². The van der Waals surface area contributed by atoms with Crippen LogP contribution in [0.25, 0.3) is 10.8 Å². The molecular formula is C16H12N2O5S. The molecule has 0 aliphatic carbocycles. The van der Waals surface area contributed by atoms with Crippen LogP contribution in [0.2, 0.25) is 0 Å². The third-order valence-electron chi connectivity index (χ3n) is 3.35. The number of phenolic OH excluding ortho intramolecular Hbond substituents is 2. The normalized spacial score (nSPS) is 12.0. The smallest absolute Gasteiger partial charge is 0.298 e. The van der Waals surface area contributed by atoms with Crippen LogP contribution < -0.4 is 0 Å². The molecule has 0 aliphatic heterocycles. The molecule has 0 bridgehead atoms. The van der Waals surface area contributed by atoms with E-state index in [1.165, 1.54) is 30.3 Å². The van der Waals surface area contributed by atoms with E-state index in [0.29, 0.717) is 16.5 Å². The number of rotatable bonds is 3. The molecule has 0 unspecified atom stereocenters. The van der Waals surface area contributed by atoms with Crippen molar-refractivity contribution in [1.29, 1.82) is 0 Å². The van der Waals surface area contributed by atoms with Crippen molar-refractivity contribution in [3.63, 3.8) is 0 Å². The highest BCUT2D eigenvalue weighted by Gasteiger charge is 2.21. The van der Waals surface area contributed by atoms with Crippen LogP contribution in [-0.2, 0) is 10.1 Å². The maximum Gasteiger partial charge on any atom is 0.298 e. The summed E-state index contributed by atoms with van der Waals surface area (Å²) >= 11 is 0. The Balaban J connectivity index is 2.22. The van der Waals surface area contributed by atoms with E-state index in [4.69, 9.17) is 0 Å². The summed E-state index contributed by atoms with van der Waals surface area (Å²) in [7, 11) is -4.62. The fourth-order valence-corrected chi connectivity index (χ4v) is 2.83. The minimum absolute atomic E-state index is 0.0654. The summed E-state index contributed by atoms with van der Waals surface area (Å²) < 4.78 is 32.2. The molecule has 0 spiro atoms. The van der Waals surface area contributed by atoms with Gasteiger partial charge in [-0.3, -0.25) is 4.55 Å². The van der Waals surface area contributed by atoms with Gasteiger partial charge in [0.1, 0.15) is 16.3 Å². The fourth-order valence-electron chi connectivity index (χ4n) is 2.22. The lowest BCUT2D eigenvalue weighted by molar-refractivity contribution is 0.445. The van der Waals surface area contributed by atoms with Crippen LogP contribution in [0.1, 0.15) is 0 Å².